The monoisotopic (exact) mass is 274 g/mol. The van der Waals surface area contributed by atoms with Crippen molar-refractivity contribution in [3.05, 3.63) is 10.8 Å². The van der Waals surface area contributed by atoms with Crippen molar-refractivity contribution in [2.75, 3.05) is 17.7 Å². The average molecular weight is 275 g/mol. The van der Waals surface area contributed by atoms with E-state index in [1.165, 1.54) is 6.33 Å². The summed E-state index contributed by atoms with van der Waals surface area (Å²) in [4.78, 5) is 7.92. The van der Waals surface area contributed by atoms with Crippen LogP contribution in [-0.2, 0) is 0 Å². The van der Waals surface area contributed by atoms with E-state index in [4.69, 9.17) is 10.8 Å². The molecule has 0 aromatic carbocycles. The maximum absolute atomic E-state index is 8.70. The standard InChI is InChI=1S/C9H15BrN4O/c1-6(3-2-4-15)14-9-7(10)8(11)12-5-13-9/h5-6,15H,2-4H2,1H3,(H3,11,12,13,14). The number of rotatable bonds is 5. The maximum Gasteiger partial charge on any atom is 0.146 e. The molecule has 1 aromatic rings. The van der Waals surface area contributed by atoms with Crippen LogP contribution < -0.4 is 11.1 Å². The fraction of sp³-hybridized carbons (Fsp3) is 0.556. The molecule has 0 aliphatic heterocycles. The summed E-state index contributed by atoms with van der Waals surface area (Å²) in [7, 11) is 0. The van der Waals surface area contributed by atoms with Gasteiger partial charge in [0, 0.05) is 12.6 Å². The van der Waals surface area contributed by atoms with Gasteiger partial charge in [-0.2, -0.15) is 0 Å². The number of hydrogen-bond donors (Lipinski definition) is 3. The molecule has 4 N–H and O–H groups in total. The highest BCUT2D eigenvalue weighted by atomic mass is 79.9. The summed E-state index contributed by atoms with van der Waals surface area (Å²) in [6, 6.07) is 0.239. The molecule has 6 heteroatoms. The van der Waals surface area contributed by atoms with Crippen molar-refractivity contribution < 1.29 is 5.11 Å². The number of anilines is 2. The zero-order valence-electron chi connectivity index (χ0n) is 8.57. The average Bonchev–Trinajstić information content (AvgIpc) is 2.22. The van der Waals surface area contributed by atoms with Crippen molar-refractivity contribution in [1.82, 2.24) is 9.97 Å². The molecule has 1 heterocycles. The van der Waals surface area contributed by atoms with Gasteiger partial charge in [0.15, 0.2) is 0 Å². The van der Waals surface area contributed by atoms with Crippen molar-refractivity contribution in [1.29, 1.82) is 0 Å². The molecule has 5 nitrogen and oxygen atoms in total. The molecule has 1 aromatic heterocycles. The van der Waals surface area contributed by atoms with E-state index in [-0.39, 0.29) is 12.6 Å². The Hall–Kier alpha value is -0.880. The molecule has 0 spiro atoms. The second-order valence-electron chi connectivity index (χ2n) is 3.33. The third-order valence-electron chi connectivity index (χ3n) is 1.99. The minimum absolute atomic E-state index is 0.207. The lowest BCUT2D eigenvalue weighted by Gasteiger charge is -2.15. The fourth-order valence-corrected chi connectivity index (χ4v) is 1.51. The van der Waals surface area contributed by atoms with Gasteiger partial charge >= 0.3 is 0 Å². The van der Waals surface area contributed by atoms with Crippen LogP contribution in [0, 0.1) is 0 Å². The minimum Gasteiger partial charge on any atom is -0.396 e. The number of halogens is 1. The molecule has 0 saturated heterocycles. The van der Waals surface area contributed by atoms with Crippen molar-refractivity contribution in [3.63, 3.8) is 0 Å². The van der Waals surface area contributed by atoms with E-state index >= 15 is 0 Å². The summed E-state index contributed by atoms with van der Waals surface area (Å²) in [6.07, 6.45) is 3.07. The van der Waals surface area contributed by atoms with E-state index in [1.54, 1.807) is 0 Å². The summed E-state index contributed by atoms with van der Waals surface area (Å²) in [5.74, 6) is 1.11. The van der Waals surface area contributed by atoms with Gasteiger partial charge in [-0.05, 0) is 35.7 Å². The smallest absolute Gasteiger partial charge is 0.146 e. The third kappa shape index (κ3) is 3.64. The summed E-state index contributed by atoms with van der Waals surface area (Å²) in [5, 5.41) is 11.9. The topological polar surface area (TPSA) is 84.1 Å². The lowest BCUT2D eigenvalue weighted by Crippen LogP contribution is -2.17. The molecule has 1 rings (SSSR count). The number of nitrogens with two attached hydrogens (primary N) is 1. The Morgan fingerprint density at radius 2 is 2.33 bits per heavy atom. The van der Waals surface area contributed by atoms with E-state index in [2.05, 4.69) is 31.2 Å². The number of nitrogens with one attached hydrogen (secondary N) is 1. The second-order valence-corrected chi connectivity index (χ2v) is 4.13. The molecule has 84 valence electrons. The fourth-order valence-electron chi connectivity index (χ4n) is 1.19. The predicted octanol–water partition coefficient (Wildman–Crippen LogP) is 1.39. The van der Waals surface area contributed by atoms with Crippen LogP contribution in [-0.4, -0.2) is 27.7 Å². The lowest BCUT2D eigenvalue weighted by molar-refractivity contribution is 0.282. The quantitative estimate of drug-likeness (QED) is 0.756. The molecular weight excluding hydrogens is 260 g/mol. The molecule has 0 aliphatic carbocycles. The van der Waals surface area contributed by atoms with Crippen molar-refractivity contribution in [3.8, 4) is 0 Å². The third-order valence-corrected chi connectivity index (χ3v) is 2.78. The van der Waals surface area contributed by atoms with Crippen LogP contribution in [0.5, 0.6) is 0 Å². The number of aromatic nitrogens is 2. The van der Waals surface area contributed by atoms with Gasteiger partial charge < -0.3 is 16.2 Å². The molecule has 0 aliphatic rings. The minimum atomic E-state index is 0.207. The zero-order valence-corrected chi connectivity index (χ0v) is 10.2. The van der Waals surface area contributed by atoms with Crippen molar-refractivity contribution >= 4 is 27.6 Å². The highest BCUT2D eigenvalue weighted by Gasteiger charge is 2.08. The number of aliphatic hydroxyl groups is 1. The number of hydrogen-bond acceptors (Lipinski definition) is 5. The number of nitrogens with zero attached hydrogens (tertiary/aromatic N) is 2. The van der Waals surface area contributed by atoms with Gasteiger partial charge in [-0.3, -0.25) is 0 Å². The molecule has 0 amide bonds. The van der Waals surface area contributed by atoms with Crippen molar-refractivity contribution in [2.45, 2.75) is 25.8 Å². The maximum atomic E-state index is 8.70. The second kappa shape index (κ2) is 5.87. The first-order chi connectivity index (χ1) is 7.15. The normalized spacial score (nSPS) is 12.5. The first-order valence-electron chi connectivity index (χ1n) is 4.78. The van der Waals surface area contributed by atoms with E-state index in [0.29, 0.717) is 16.1 Å². The van der Waals surface area contributed by atoms with E-state index < -0.39 is 0 Å². The first kappa shape index (κ1) is 12.2. The van der Waals surface area contributed by atoms with Gasteiger partial charge in [-0.15, -0.1) is 0 Å². The van der Waals surface area contributed by atoms with E-state index in [9.17, 15) is 0 Å². The molecular formula is C9H15BrN4O. The van der Waals surface area contributed by atoms with Crippen molar-refractivity contribution in [2.24, 2.45) is 0 Å². The van der Waals surface area contributed by atoms with Crippen LogP contribution in [0.15, 0.2) is 10.8 Å². The number of nitrogen functional groups attached to an aromatic ring is 1. The lowest BCUT2D eigenvalue weighted by atomic mass is 10.2. The molecule has 1 atom stereocenters. The summed E-state index contributed by atoms with van der Waals surface area (Å²) in [6.45, 7) is 2.24. The first-order valence-corrected chi connectivity index (χ1v) is 5.57. The molecule has 15 heavy (non-hydrogen) atoms. The number of aliphatic hydroxyl groups excluding tert-OH is 1. The molecule has 0 fully saturated rings. The Morgan fingerprint density at radius 1 is 1.60 bits per heavy atom. The van der Waals surface area contributed by atoms with Gasteiger partial charge in [0.05, 0.1) is 0 Å². The highest BCUT2D eigenvalue weighted by molar-refractivity contribution is 9.10. The van der Waals surface area contributed by atoms with Gasteiger partial charge in [-0.25, -0.2) is 9.97 Å². The van der Waals surface area contributed by atoms with Gasteiger partial charge in [0.1, 0.15) is 22.4 Å². The summed E-state index contributed by atoms with van der Waals surface area (Å²) in [5.41, 5.74) is 5.62. The Labute approximate surface area is 97.2 Å². The SMILES string of the molecule is CC(CCCO)Nc1ncnc(N)c1Br. The Morgan fingerprint density at radius 3 is 3.00 bits per heavy atom. The largest absolute Gasteiger partial charge is 0.396 e. The van der Waals surface area contributed by atoms with Crippen LogP contribution in [0.2, 0.25) is 0 Å². The van der Waals surface area contributed by atoms with Gasteiger partial charge in [0.25, 0.3) is 0 Å². The zero-order chi connectivity index (χ0) is 11.3. The molecule has 0 bridgehead atoms. The van der Waals surface area contributed by atoms with Crippen LogP contribution >= 0.6 is 15.9 Å². The Kier molecular flexibility index (Phi) is 4.77. The molecule has 0 saturated carbocycles. The molecule has 0 radical (unpaired) electrons. The Balaban J connectivity index is 2.60. The van der Waals surface area contributed by atoms with Crippen LogP contribution in [0.1, 0.15) is 19.8 Å². The van der Waals surface area contributed by atoms with Crippen LogP contribution in [0.4, 0.5) is 11.6 Å². The van der Waals surface area contributed by atoms with Gasteiger partial charge in [-0.1, -0.05) is 0 Å². The van der Waals surface area contributed by atoms with E-state index in [0.717, 1.165) is 12.8 Å². The summed E-state index contributed by atoms with van der Waals surface area (Å²) >= 11 is 3.31. The molecule has 1 unspecified atom stereocenters. The van der Waals surface area contributed by atoms with Crippen LogP contribution in [0.3, 0.4) is 0 Å². The summed E-state index contributed by atoms with van der Waals surface area (Å²) < 4.78 is 0.681. The highest BCUT2D eigenvalue weighted by Crippen LogP contribution is 2.24. The predicted molar refractivity (Wildman–Crippen MR) is 63.5 cm³/mol. The van der Waals surface area contributed by atoms with Crippen LogP contribution in [0.25, 0.3) is 0 Å². The van der Waals surface area contributed by atoms with Gasteiger partial charge in [0.2, 0.25) is 0 Å². The Bertz CT molecular complexity index is 321. The van der Waals surface area contributed by atoms with E-state index in [1.807, 2.05) is 6.92 Å².